The van der Waals surface area contributed by atoms with Crippen molar-refractivity contribution in [1.29, 1.82) is 0 Å². The highest BCUT2D eigenvalue weighted by atomic mass is 16.5. The third-order valence-corrected chi connectivity index (χ3v) is 2.86. The van der Waals surface area contributed by atoms with Crippen LogP contribution in [0.2, 0.25) is 0 Å². The summed E-state index contributed by atoms with van der Waals surface area (Å²) < 4.78 is 5.18. The Labute approximate surface area is 117 Å². The van der Waals surface area contributed by atoms with Crippen LogP contribution in [-0.4, -0.2) is 18.3 Å². The molecule has 1 atom stereocenters. The summed E-state index contributed by atoms with van der Waals surface area (Å²) >= 11 is 0. The monoisotopic (exact) mass is 269 g/mol. The fourth-order valence-electron chi connectivity index (χ4n) is 1.81. The number of hydrogen-bond donors (Lipinski definition) is 1. The molecule has 20 heavy (non-hydrogen) atoms. The van der Waals surface area contributed by atoms with E-state index in [1.54, 1.807) is 24.3 Å². The number of carbonyl (C=O) groups is 2. The predicted molar refractivity (Wildman–Crippen MR) is 75.6 cm³/mol. The normalized spacial score (nSPS) is 11.7. The van der Waals surface area contributed by atoms with Crippen LogP contribution >= 0.6 is 0 Å². The van der Waals surface area contributed by atoms with Gasteiger partial charge in [-0.05, 0) is 24.1 Å². The van der Waals surface area contributed by atoms with Crippen LogP contribution in [0.4, 0.5) is 0 Å². The van der Waals surface area contributed by atoms with Gasteiger partial charge < -0.3 is 10.5 Å². The number of aldehydes is 1. The number of carbonyl (C=O) groups excluding carboxylic acids is 2. The van der Waals surface area contributed by atoms with Crippen molar-refractivity contribution >= 4 is 12.3 Å². The second-order valence-electron chi connectivity index (χ2n) is 4.37. The maximum absolute atomic E-state index is 11.9. The molecule has 0 amide bonds. The lowest BCUT2D eigenvalue weighted by molar-refractivity contribution is -0.135. The molecule has 102 valence electrons. The number of ether oxygens (including phenoxy) is 1. The van der Waals surface area contributed by atoms with Crippen molar-refractivity contribution < 1.29 is 14.3 Å². The molecule has 0 aliphatic heterocycles. The number of benzene rings is 2. The minimum absolute atomic E-state index is 0.232. The number of para-hydroxylation sites is 1. The SMILES string of the molecule is N[C@@H](Cc1ccccc1)C(=O)Oc1ccccc1C=O. The summed E-state index contributed by atoms with van der Waals surface area (Å²) in [6.45, 7) is 0. The number of nitrogens with two attached hydrogens (primary N) is 1. The van der Waals surface area contributed by atoms with E-state index in [1.807, 2.05) is 30.3 Å². The Morgan fingerprint density at radius 1 is 1.10 bits per heavy atom. The van der Waals surface area contributed by atoms with E-state index in [0.717, 1.165) is 5.56 Å². The molecule has 0 spiro atoms. The van der Waals surface area contributed by atoms with Crippen LogP contribution in [0.1, 0.15) is 15.9 Å². The van der Waals surface area contributed by atoms with Crippen molar-refractivity contribution in [2.45, 2.75) is 12.5 Å². The van der Waals surface area contributed by atoms with Crippen molar-refractivity contribution in [3.05, 3.63) is 65.7 Å². The van der Waals surface area contributed by atoms with Crippen LogP contribution in [0, 0.1) is 0 Å². The molecule has 2 aromatic carbocycles. The maximum atomic E-state index is 11.9. The highest BCUT2D eigenvalue weighted by molar-refractivity contribution is 5.84. The average Bonchev–Trinajstić information content (AvgIpc) is 2.48. The molecule has 0 radical (unpaired) electrons. The van der Waals surface area contributed by atoms with Crippen LogP contribution in [0.3, 0.4) is 0 Å². The van der Waals surface area contributed by atoms with Crippen LogP contribution in [0.15, 0.2) is 54.6 Å². The number of rotatable bonds is 5. The third kappa shape index (κ3) is 3.52. The lowest BCUT2D eigenvalue weighted by Gasteiger charge is -2.12. The number of esters is 1. The van der Waals surface area contributed by atoms with Crippen molar-refractivity contribution in [3.8, 4) is 5.75 Å². The second kappa shape index (κ2) is 6.63. The van der Waals surface area contributed by atoms with Crippen molar-refractivity contribution in [2.75, 3.05) is 0 Å². The van der Waals surface area contributed by atoms with Crippen molar-refractivity contribution in [3.63, 3.8) is 0 Å². The zero-order chi connectivity index (χ0) is 14.4. The van der Waals surface area contributed by atoms with Crippen LogP contribution < -0.4 is 10.5 Å². The summed E-state index contributed by atoms with van der Waals surface area (Å²) in [5.41, 5.74) is 7.11. The van der Waals surface area contributed by atoms with Gasteiger partial charge in [0, 0.05) is 0 Å². The van der Waals surface area contributed by atoms with Crippen molar-refractivity contribution in [1.82, 2.24) is 0 Å². The average molecular weight is 269 g/mol. The highest BCUT2D eigenvalue weighted by Crippen LogP contribution is 2.16. The third-order valence-electron chi connectivity index (χ3n) is 2.86. The summed E-state index contributed by atoms with van der Waals surface area (Å²) in [6.07, 6.45) is 1.04. The van der Waals surface area contributed by atoms with Gasteiger partial charge in [-0.2, -0.15) is 0 Å². The van der Waals surface area contributed by atoms with E-state index in [9.17, 15) is 9.59 Å². The number of hydrogen-bond acceptors (Lipinski definition) is 4. The van der Waals surface area contributed by atoms with E-state index in [1.165, 1.54) is 0 Å². The first kappa shape index (κ1) is 14.0. The molecule has 0 heterocycles. The van der Waals surface area contributed by atoms with Crippen LogP contribution in [0.5, 0.6) is 5.75 Å². The summed E-state index contributed by atoms with van der Waals surface area (Å²) in [5, 5.41) is 0. The fraction of sp³-hybridized carbons (Fsp3) is 0.125. The molecule has 0 aromatic heterocycles. The molecule has 0 saturated heterocycles. The zero-order valence-corrected chi connectivity index (χ0v) is 10.9. The molecule has 0 aliphatic carbocycles. The van der Waals surface area contributed by atoms with E-state index >= 15 is 0 Å². The topological polar surface area (TPSA) is 69.4 Å². The Balaban J connectivity index is 2.02. The lowest BCUT2D eigenvalue weighted by atomic mass is 10.1. The van der Waals surface area contributed by atoms with E-state index in [2.05, 4.69) is 0 Å². The Morgan fingerprint density at radius 3 is 2.45 bits per heavy atom. The minimum atomic E-state index is -0.767. The van der Waals surface area contributed by atoms with E-state index in [0.29, 0.717) is 18.3 Å². The summed E-state index contributed by atoms with van der Waals surface area (Å²) in [6, 6.07) is 15.2. The first-order valence-corrected chi connectivity index (χ1v) is 6.26. The van der Waals surface area contributed by atoms with Gasteiger partial charge in [0.15, 0.2) is 6.29 Å². The van der Waals surface area contributed by atoms with E-state index in [4.69, 9.17) is 10.5 Å². The molecular weight excluding hydrogens is 254 g/mol. The summed E-state index contributed by atoms with van der Waals surface area (Å²) in [5.74, 6) is -0.320. The molecule has 2 rings (SSSR count). The molecule has 0 bridgehead atoms. The highest BCUT2D eigenvalue weighted by Gasteiger charge is 2.17. The van der Waals surface area contributed by atoms with Gasteiger partial charge >= 0.3 is 5.97 Å². The standard InChI is InChI=1S/C16H15NO3/c17-14(10-12-6-2-1-3-7-12)16(19)20-15-9-5-4-8-13(15)11-18/h1-9,11,14H,10,17H2/t14-/m0/s1. The van der Waals surface area contributed by atoms with Gasteiger partial charge in [0.25, 0.3) is 0 Å². The molecule has 2 aromatic rings. The van der Waals surface area contributed by atoms with Gasteiger partial charge in [-0.15, -0.1) is 0 Å². The second-order valence-corrected chi connectivity index (χ2v) is 4.37. The van der Waals surface area contributed by atoms with E-state index < -0.39 is 12.0 Å². The molecule has 0 fully saturated rings. The molecule has 2 N–H and O–H groups in total. The maximum Gasteiger partial charge on any atom is 0.328 e. The van der Waals surface area contributed by atoms with Crippen molar-refractivity contribution in [2.24, 2.45) is 5.73 Å². The Bertz CT molecular complexity index is 596. The minimum Gasteiger partial charge on any atom is -0.425 e. The van der Waals surface area contributed by atoms with Gasteiger partial charge in [-0.25, -0.2) is 4.79 Å². The molecule has 0 aliphatic rings. The molecule has 0 unspecified atom stereocenters. The summed E-state index contributed by atoms with van der Waals surface area (Å²) in [7, 11) is 0. The fourth-order valence-corrected chi connectivity index (χ4v) is 1.81. The van der Waals surface area contributed by atoms with Crippen LogP contribution in [-0.2, 0) is 11.2 Å². The molecule has 4 heteroatoms. The summed E-state index contributed by atoms with van der Waals surface area (Å²) in [4.78, 5) is 22.8. The first-order valence-electron chi connectivity index (χ1n) is 6.26. The van der Waals surface area contributed by atoms with E-state index in [-0.39, 0.29) is 5.75 Å². The first-order chi connectivity index (χ1) is 9.70. The zero-order valence-electron chi connectivity index (χ0n) is 10.9. The van der Waals surface area contributed by atoms with Crippen LogP contribution in [0.25, 0.3) is 0 Å². The largest absolute Gasteiger partial charge is 0.425 e. The predicted octanol–water partition coefficient (Wildman–Crippen LogP) is 1.97. The van der Waals surface area contributed by atoms with Gasteiger partial charge in [0.05, 0.1) is 5.56 Å². The quantitative estimate of drug-likeness (QED) is 0.512. The van der Waals surface area contributed by atoms with Gasteiger partial charge in [-0.3, -0.25) is 4.79 Å². The Morgan fingerprint density at radius 2 is 1.75 bits per heavy atom. The van der Waals surface area contributed by atoms with Gasteiger partial charge in [0.1, 0.15) is 11.8 Å². The smallest absolute Gasteiger partial charge is 0.328 e. The lowest BCUT2D eigenvalue weighted by Crippen LogP contribution is -2.36. The molecule has 4 nitrogen and oxygen atoms in total. The molecule has 0 saturated carbocycles. The van der Waals surface area contributed by atoms with Gasteiger partial charge in [-0.1, -0.05) is 42.5 Å². The Kier molecular flexibility index (Phi) is 4.63. The molecular formula is C16H15NO3. The Hall–Kier alpha value is -2.46. The van der Waals surface area contributed by atoms with Gasteiger partial charge in [0.2, 0.25) is 0 Å².